The number of benzene rings is 1. The Kier molecular flexibility index (Phi) is 4.06. The van der Waals surface area contributed by atoms with Gasteiger partial charge in [-0.3, -0.25) is 4.79 Å². The van der Waals surface area contributed by atoms with Gasteiger partial charge in [-0.05, 0) is 51.5 Å². The first-order valence-corrected chi connectivity index (χ1v) is 8.83. The Morgan fingerprint density at radius 1 is 1.15 bits per heavy atom. The van der Waals surface area contributed by atoms with Gasteiger partial charge in [-0.1, -0.05) is 0 Å². The summed E-state index contributed by atoms with van der Waals surface area (Å²) in [6.45, 7) is 6.61. The molecule has 1 unspecified atom stereocenters. The predicted molar refractivity (Wildman–Crippen MR) is 98.2 cm³/mol. The van der Waals surface area contributed by atoms with E-state index in [0.29, 0.717) is 6.54 Å². The van der Waals surface area contributed by atoms with E-state index in [1.54, 1.807) is 0 Å². The van der Waals surface area contributed by atoms with E-state index in [1.165, 1.54) is 0 Å². The zero-order valence-electron chi connectivity index (χ0n) is 15.2. The van der Waals surface area contributed by atoms with E-state index in [1.807, 2.05) is 60.5 Å². The summed E-state index contributed by atoms with van der Waals surface area (Å²) >= 11 is 0. The highest BCUT2D eigenvalue weighted by atomic mass is 16.1. The molecule has 0 saturated heterocycles. The third-order valence-electron chi connectivity index (χ3n) is 5.17. The molecule has 26 heavy (non-hydrogen) atoms. The maximum atomic E-state index is 12.6. The minimum absolute atomic E-state index is 0.0474. The van der Waals surface area contributed by atoms with Crippen molar-refractivity contribution in [1.29, 1.82) is 0 Å². The lowest BCUT2D eigenvalue weighted by atomic mass is 9.98. The predicted octanol–water partition coefficient (Wildman–Crippen LogP) is 2.59. The maximum absolute atomic E-state index is 12.6. The number of amides is 1. The average molecular weight is 350 g/mol. The van der Waals surface area contributed by atoms with Crippen LogP contribution in [0.2, 0.25) is 0 Å². The molecule has 1 aliphatic rings. The van der Waals surface area contributed by atoms with E-state index in [-0.39, 0.29) is 11.8 Å². The highest BCUT2D eigenvalue weighted by Gasteiger charge is 2.26. The summed E-state index contributed by atoms with van der Waals surface area (Å²) in [6, 6.07) is 7.85. The molecule has 0 aliphatic carbocycles. The minimum atomic E-state index is -0.0598. The normalized spacial score (nSPS) is 16.3. The topological polar surface area (TPSA) is 77.6 Å². The monoisotopic (exact) mass is 350 g/mol. The Morgan fingerprint density at radius 2 is 1.92 bits per heavy atom. The van der Waals surface area contributed by atoms with Gasteiger partial charge in [0.25, 0.3) is 0 Å². The molecule has 1 aromatic carbocycles. The molecule has 3 heterocycles. The van der Waals surface area contributed by atoms with Crippen LogP contribution < -0.4 is 5.32 Å². The quantitative estimate of drug-likeness (QED) is 0.787. The summed E-state index contributed by atoms with van der Waals surface area (Å²) in [5.74, 6) is 1.83. The van der Waals surface area contributed by atoms with E-state index in [4.69, 9.17) is 0 Å². The third-order valence-corrected chi connectivity index (χ3v) is 5.17. The smallest absolute Gasteiger partial charge is 0.229 e. The van der Waals surface area contributed by atoms with Crippen molar-refractivity contribution in [2.24, 2.45) is 5.92 Å². The molecule has 1 atom stereocenters. The molecule has 3 aromatic rings. The number of carbonyl (C=O) groups is 1. The van der Waals surface area contributed by atoms with Gasteiger partial charge < -0.3 is 14.5 Å². The zero-order chi connectivity index (χ0) is 18.3. The Labute approximate surface area is 152 Å². The molecule has 0 spiro atoms. The number of hydrogen-bond donors (Lipinski definition) is 1. The first-order chi connectivity index (χ1) is 12.5. The lowest BCUT2D eigenvalue weighted by Crippen LogP contribution is -2.31. The van der Waals surface area contributed by atoms with Crippen LogP contribution in [0.1, 0.15) is 29.5 Å². The molecule has 0 radical (unpaired) electrons. The third kappa shape index (κ3) is 2.89. The number of nitrogens with one attached hydrogen (secondary N) is 1. The summed E-state index contributed by atoms with van der Waals surface area (Å²) in [4.78, 5) is 17.0. The molecule has 134 valence electrons. The maximum Gasteiger partial charge on any atom is 0.229 e. The fourth-order valence-electron chi connectivity index (χ4n) is 3.38. The standard InChI is InChI=1S/C19H22N6O/c1-12-13(2)25(11-20-12)17-7-5-16(6-8-17)21-19(26)15-4-9-18-23-22-14(3)24(18)10-15/h5-8,11,15H,4,9-10H2,1-3H3,(H,21,26). The van der Waals surface area contributed by atoms with Crippen LogP contribution in [0.4, 0.5) is 5.69 Å². The first-order valence-electron chi connectivity index (χ1n) is 8.83. The second-order valence-electron chi connectivity index (χ2n) is 6.83. The van der Waals surface area contributed by atoms with Gasteiger partial charge >= 0.3 is 0 Å². The van der Waals surface area contributed by atoms with Crippen molar-refractivity contribution < 1.29 is 4.79 Å². The molecular weight excluding hydrogens is 328 g/mol. The van der Waals surface area contributed by atoms with Crippen LogP contribution in [0, 0.1) is 26.7 Å². The number of rotatable bonds is 3. The Hall–Kier alpha value is -2.96. The van der Waals surface area contributed by atoms with Gasteiger partial charge in [0.15, 0.2) is 0 Å². The van der Waals surface area contributed by atoms with Gasteiger partial charge in [0.2, 0.25) is 5.91 Å². The number of anilines is 1. The number of nitrogens with zero attached hydrogens (tertiary/aromatic N) is 5. The van der Waals surface area contributed by atoms with Crippen molar-refractivity contribution in [1.82, 2.24) is 24.3 Å². The molecule has 0 bridgehead atoms. The van der Waals surface area contributed by atoms with Crippen molar-refractivity contribution in [3.05, 3.63) is 53.6 Å². The minimum Gasteiger partial charge on any atom is -0.326 e. The number of aryl methyl sites for hydroxylation is 3. The lowest BCUT2D eigenvalue weighted by Gasteiger charge is -2.23. The van der Waals surface area contributed by atoms with Crippen LogP contribution in [0.15, 0.2) is 30.6 Å². The Balaban J connectivity index is 1.45. The van der Waals surface area contributed by atoms with Crippen molar-refractivity contribution in [3.63, 3.8) is 0 Å². The second-order valence-corrected chi connectivity index (χ2v) is 6.83. The second kappa shape index (κ2) is 6.40. The number of aromatic nitrogens is 5. The molecule has 2 aromatic heterocycles. The summed E-state index contributed by atoms with van der Waals surface area (Å²) in [5.41, 5.74) is 3.97. The largest absolute Gasteiger partial charge is 0.326 e. The van der Waals surface area contributed by atoms with Gasteiger partial charge in [-0.25, -0.2) is 4.98 Å². The van der Waals surface area contributed by atoms with Crippen molar-refractivity contribution >= 4 is 11.6 Å². The van der Waals surface area contributed by atoms with Gasteiger partial charge in [-0.2, -0.15) is 0 Å². The lowest BCUT2D eigenvalue weighted by molar-refractivity contribution is -0.120. The molecule has 1 aliphatic heterocycles. The van der Waals surface area contributed by atoms with Crippen LogP contribution in [0.5, 0.6) is 0 Å². The van der Waals surface area contributed by atoms with E-state index < -0.39 is 0 Å². The SMILES string of the molecule is Cc1ncn(-c2ccc(NC(=O)C3CCc4nnc(C)n4C3)cc2)c1C. The number of imidazole rings is 1. The summed E-state index contributed by atoms with van der Waals surface area (Å²) in [6.07, 6.45) is 3.41. The van der Waals surface area contributed by atoms with Gasteiger partial charge in [0.05, 0.1) is 17.9 Å². The first kappa shape index (κ1) is 16.5. The summed E-state index contributed by atoms with van der Waals surface area (Å²) < 4.78 is 4.08. The molecule has 1 amide bonds. The fourth-order valence-corrected chi connectivity index (χ4v) is 3.38. The fraction of sp³-hybridized carbons (Fsp3) is 0.368. The van der Waals surface area contributed by atoms with E-state index in [0.717, 1.165) is 47.3 Å². The van der Waals surface area contributed by atoms with Crippen molar-refractivity contribution in [3.8, 4) is 5.69 Å². The average Bonchev–Trinajstić information content (AvgIpc) is 3.18. The Morgan fingerprint density at radius 3 is 2.62 bits per heavy atom. The van der Waals surface area contributed by atoms with E-state index in [9.17, 15) is 4.79 Å². The highest BCUT2D eigenvalue weighted by molar-refractivity contribution is 5.92. The van der Waals surface area contributed by atoms with E-state index >= 15 is 0 Å². The van der Waals surface area contributed by atoms with Crippen molar-refractivity contribution in [2.45, 2.75) is 40.2 Å². The number of fused-ring (bicyclic) bond motifs is 1. The molecule has 1 N–H and O–H groups in total. The van der Waals surface area contributed by atoms with Gasteiger partial charge in [0.1, 0.15) is 11.6 Å². The van der Waals surface area contributed by atoms with Gasteiger partial charge in [-0.15, -0.1) is 10.2 Å². The summed E-state index contributed by atoms with van der Waals surface area (Å²) in [5, 5.41) is 11.3. The van der Waals surface area contributed by atoms with Crippen LogP contribution in [-0.2, 0) is 17.8 Å². The molecule has 0 saturated carbocycles. The molecule has 4 rings (SSSR count). The van der Waals surface area contributed by atoms with Crippen LogP contribution in [-0.4, -0.2) is 30.2 Å². The summed E-state index contributed by atoms with van der Waals surface area (Å²) in [7, 11) is 0. The van der Waals surface area contributed by atoms with Gasteiger partial charge in [0, 0.05) is 30.0 Å². The highest BCUT2D eigenvalue weighted by Crippen LogP contribution is 2.22. The van der Waals surface area contributed by atoms with Crippen LogP contribution >= 0.6 is 0 Å². The Bertz CT molecular complexity index is 953. The van der Waals surface area contributed by atoms with Crippen LogP contribution in [0.25, 0.3) is 5.69 Å². The van der Waals surface area contributed by atoms with Crippen LogP contribution in [0.3, 0.4) is 0 Å². The number of carbonyl (C=O) groups excluding carboxylic acids is 1. The molecule has 0 fully saturated rings. The van der Waals surface area contributed by atoms with E-state index in [2.05, 4.69) is 20.5 Å². The zero-order valence-corrected chi connectivity index (χ0v) is 15.2. The molecule has 7 heteroatoms. The van der Waals surface area contributed by atoms with Crippen molar-refractivity contribution in [2.75, 3.05) is 5.32 Å². The molecular formula is C19H22N6O. The number of hydrogen-bond acceptors (Lipinski definition) is 4. The molecule has 7 nitrogen and oxygen atoms in total.